The largest absolute Gasteiger partial charge is 0.433 e. The van der Waals surface area contributed by atoms with Crippen LogP contribution in [0.15, 0.2) is 35.7 Å². The number of carbonyl (C=O) groups is 2. The zero-order valence-electron chi connectivity index (χ0n) is 14.7. The second kappa shape index (κ2) is 9.31. The quantitative estimate of drug-likeness (QED) is 0.764. The molecule has 28 heavy (non-hydrogen) atoms. The van der Waals surface area contributed by atoms with Crippen molar-refractivity contribution in [1.29, 1.82) is 0 Å². The standard InChI is InChI=1S/C18H18ClF2N3O3S/c19-13-10-12(3-4-14(13)27-18(20)21)22-16(25)11-23-5-7-24(8-6-23)17(26)15-2-1-9-28-15/h1-4,9-10,18H,5-8,11H2,(H,22,25). The number of thiophene rings is 1. The first kappa shape index (κ1) is 20.5. The summed E-state index contributed by atoms with van der Waals surface area (Å²) in [6, 6.07) is 7.72. The van der Waals surface area contributed by atoms with Gasteiger partial charge < -0.3 is 15.0 Å². The molecule has 1 aliphatic heterocycles. The number of carbonyl (C=O) groups excluding carboxylic acids is 2. The van der Waals surface area contributed by atoms with E-state index in [9.17, 15) is 18.4 Å². The number of nitrogens with one attached hydrogen (secondary N) is 1. The van der Waals surface area contributed by atoms with Gasteiger partial charge in [0, 0.05) is 31.9 Å². The molecule has 1 aliphatic rings. The third-order valence-electron chi connectivity index (χ3n) is 4.19. The van der Waals surface area contributed by atoms with E-state index in [2.05, 4.69) is 10.1 Å². The van der Waals surface area contributed by atoms with Crippen LogP contribution in [-0.4, -0.2) is 60.9 Å². The summed E-state index contributed by atoms with van der Waals surface area (Å²) in [6.07, 6.45) is 0. The Labute approximate surface area is 169 Å². The van der Waals surface area contributed by atoms with Gasteiger partial charge >= 0.3 is 6.61 Å². The summed E-state index contributed by atoms with van der Waals surface area (Å²) in [6.45, 7) is -0.527. The number of nitrogens with zero attached hydrogens (tertiary/aromatic N) is 2. The van der Waals surface area contributed by atoms with Gasteiger partial charge in [0.05, 0.1) is 16.4 Å². The number of hydrogen-bond acceptors (Lipinski definition) is 5. The molecule has 1 aromatic heterocycles. The lowest BCUT2D eigenvalue weighted by atomic mass is 10.2. The van der Waals surface area contributed by atoms with Crippen molar-refractivity contribution in [2.24, 2.45) is 0 Å². The Hall–Kier alpha value is -2.23. The van der Waals surface area contributed by atoms with Gasteiger partial charge in [-0.25, -0.2) is 0 Å². The smallest absolute Gasteiger partial charge is 0.387 e. The maximum atomic E-state index is 12.3. The highest BCUT2D eigenvalue weighted by Gasteiger charge is 2.23. The lowest BCUT2D eigenvalue weighted by Gasteiger charge is -2.34. The van der Waals surface area contributed by atoms with E-state index in [1.807, 2.05) is 16.3 Å². The number of ether oxygens (including phenoxy) is 1. The minimum absolute atomic E-state index is 0.0137. The lowest BCUT2D eigenvalue weighted by Crippen LogP contribution is -2.50. The number of anilines is 1. The zero-order valence-corrected chi connectivity index (χ0v) is 16.3. The van der Waals surface area contributed by atoms with Crippen LogP contribution in [0.1, 0.15) is 9.67 Å². The molecule has 0 bridgehead atoms. The van der Waals surface area contributed by atoms with Gasteiger partial charge in [0.1, 0.15) is 5.75 Å². The van der Waals surface area contributed by atoms with Gasteiger partial charge in [-0.05, 0) is 29.6 Å². The minimum atomic E-state index is -2.97. The SMILES string of the molecule is O=C(CN1CCN(C(=O)c2cccs2)CC1)Nc1ccc(OC(F)F)c(Cl)c1. The molecular formula is C18H18ClF2N3O3S. The van der Waals surface area contributed by atoms with Crippen molar-refractivity contribution in [2.45, 2.75) is 6.61 Å². The molecule has 3 rings (SSSR count). The summed E-state index contributed by atoms with van der Waals surface area (Å²) in [7, 11) is 0. The summed E-state index contributed by atoms with van der Waals surface area (Å²) in [5.41, 5.74) is 0.392. The Bertz CT molecular complexity index is 827. The van der Waals surface area contributed by atoms with E-state index in [-0.39, 0.29) is 29.1 Å². The highest BCUT2D eigenvalue weighted by Crippen LogP contribution is 2.28. The molecule has 0 aliphatic carbocycles. The second-order valence-electron chi connectivity index (χ2n) is 6.12. The van der Waals surface area contributed by atoms with Crippen LogP contribution < -0.4 is 10.1 Å². The van der Waals surface area contributed by atoms with Gasteiger partial charge in [0.15, 0.2) is 0 Å². The summed E-state index contributed by atoms with van der Waals surface area (Å²) in [5.74, 6) is -0.391. The molecule has 0 atom stereocenters. The van der Waals surface area contributed by atoms with E-state index in [0.29, 0.717) is 36.7 Å². The number of alkyl halides is 2. The van der Waals surface area contributed by atoms with Crippen LogP contribution in [0, 0.1) is 0 Å². The van der Waals surface area contributed by atoms with Crippen molar-refractivity contribution >= 4 is 40.4 Å². The van der Waals surface area contributed by atoms with E-state index in [4.69, 9.17) is 11.6 Å². The topological polar surface area (TPSA) is 61.9 Å². The van der Waals surface area contributed by atoms with Crippen molar-refractivity contribution in [1.82, 2.24) is 9.80 Å². The lowest BCUT2D eigenvalue weighted by molar-refractivity contribution is -0.117. The van der Waals surface area contributed by atoms with Crippen LogP contribution in [0.3, 0.4) is 0 Å². The number of benzene rings is 1. The summed E-state index contributed by atoms with van der Waals surface area (Å²) >= 11 is 7.29. The van der Waals surface area contributed by atoms with Gasteiger partial charge in [-0.2, -0.15) is 8.78 Å². The predicted octanol–water partition coefficient (Wildman–Crippen LogP) is 3.40. The number of hydrogen-bond donors (Lipinski definition) is 1. The molecule has 0 radical (unpaired) electrons. The molecule has 0 unspecified atom stereocenters. The molecule has 0 saturated carbocycles. The Kier molecular flexibility index (Phi) is 6.82. The summed E-state index contributed by atoms with van der Waals surface area (Å²) in [5, 5.41) is 4.53. The Morgan fingerprint density at radius 2 is 1.96 bits per heavy atom. The molecule has 0 spiro atoms. The van der Waals surface area contributed by atoms with Gasteiger partial charge in [0.2, 0.25) is 5.91 Å². The number of piperazine rings is 1. The van der Waals surface area contributed by atoms with E-state index >= 15 is 0 Å². The monoisotopic (exact) mass is 429 g/mol. The van der Waals surface area contributed by atoms with Gasteiger partial charge in [0.25, 0.3) is 5.91 Å². The normalized spacial score (nSPS) is 14.9. The van der Waals surface area contributed by atoms with Crippen molar-refractivity contribution in [3.63, 3.8) is 0 Å². The third-order valence-corrected chi connectivity index (χ3v) is 5.34. The summed E-state index contributed by atoms with van der Waals surface area (Å²) < 4.78 is 28.8. The maximum Gasteiger partial charge on any atom is 0.387 e. The van der Waals surface area contributed by atoms with Crippen molar-refractivity contribution < 1.29 is 23.1 Å². The minimum Gasteiger partial charge on any atom is -0.433 e. The fraction of sp³-hybridized carbons (Fsp3) is 0.333. The Balaban J connectivity index is 1.47. The number of halogens is 3. The van der Waals surface area contributed by atoms with Crippen molar-refractivity contribution in [2.75, 3.05) is 38.0 Å². The van der Waals surface area contributed by atoms with Gasteiger partial charge in [-0.1, -0.05) is 17.7 Å². The fourth-order valence-corrected chi connectivity index (χ4v) is 3.75. The summed E-state index contributed by atoms with van der Waals surface area (Å²) in [4.78, 5) is 29.0. The van der Waals surface area contributed by atoms with E-state index < -0.39 is 6.61 Å². The third kappa shape index (κ3) is 5.40. The van der Waals surface area contributed by atoms with Crippen LogP contribution in [0.25, 0.3) is 0 Å². The van der Waals surface area contributed by atoms with Crippen LogP contribution in [0.4, 0.5) is 14.5 Å². The Morgan fingerprint density at radius 3 is 2.57 bits per heavy atom. The molecule has 1 saturated heterocycles. The average Bonchev–Trinajstić information content (AvgIpc) is 3.18. The van der Waals surface area contributed by atoms with Crippen molar-refractivity contribution in [3.8, 4) is 5.75 Å². The van der Waals surface area contributed by atoms with Crippen molar-refractivity contribution in [3.05, 3.63) is 45.6 Å². The highest BCUT2D eigenvalue weighted by atomic mass is 35.5. The molecule has 2 aromatic rings. The maximum absolute atomic E-state index is 12.3. The first-order chi connectivity index (χ1) is 13.4. The average molecular weight is 430 g/mol. The molecule has 10 heteroatoms. The second-order valence-corrected chi connectivity index (χ2v) is 7.47. The molecule has 1 aromatic carbocycles. The highest BCUT2D eigenvalue weighted by molar-refractivity contribution is 7.12. The van der Waals surface area contributed by atoms with E-state index in [1.165, 1.54) is 29.5 Å². The molecule has 2 amide bonds. The molecule has 1 N–H and O–H groups in total. The zero-order chi connectivity index (χ0) is 20.1. The number of rotatable bonds is 6. The first-order valence-electron chi connectivity index (χ1n) is 8.51. The van der Waals surface area contributed by atoms with Gasteiger partial charge in [-0.15, -0.1) is 11.3 Å². The molecule has 1 fully saturated rings. The van der Waals surface area contributed by atoms with Crippen LogP contribution in [-0.2, 0) is 4.79 Å². The molecule has 2 heterocycles. The van der Waals surface area contributed by atoms with Crippen LogP contribution in [0.5, 0.6) is 5.75 Å². The fourth-order valence-electron chi connectivity index (χ4n) is 2.84. The molecule has 6 nitrogen and oxygen atoms in total. The van der Waals surface area contributed by atoms with E-state index in [0.717, 1.165) is 0 Å². The van der Waals surface area contributed by atoms with Gasteiger partial charge in [-0.3, -0.25) is 14.5 Å². The van der Waals surface area contributed by atoms with Crippen LogP contribution >= 0.6 is 22.9 Å². The van der Waals surface area contributed by atoms with Crippen LogP contribution in [0.2, 0.25) is 5.02 Å². The van der Waals surface area contributed by atoms with E-state index in [1.54, 1.807) is 11.0 Å². The predicted molar refractivity (Wildman–Crippen MR) is 103 cm³/mol. The molecule has 150 valence electrons. The number of amides is 2. The Morgan fingerprint density at radius 1 is 1.21 bits per heavy atom. The molecular weight excluding hydrogens is 412 g/mol. The first-order valence-corrected chi connectivity index (χ1v) is 9.77.